The van der Waals surface area contributed by atoms with Crippen molar-refractivity contribution >= 4 is 0 Å². The van der Waals surface area contributed by atoms with Crippen LogP contribution in [0.4, 0.5) is 0 Å². The van der Waals surface area contributed by atoms with Crippen LogP contribution in [0.5, 0.6) is 0 Å². The van der Waals surface area contributed by atoms with Gasteiger partial charge in [0.15, 0.2) is 0 Å². The highest BCUT2D eigenvalue weighted by Crippen LogP contribution is 2.52. The maximum Gasteiger partial charge on any atom is 0.0946 e. The van der Waals surface area contributed by atoms with E-state index in [2.05, 4.69) is 111 Å². The van der Waals surface area contributed by atoms with Crippen LogP contribution in [0.1, 0.15) is 123 Å². The number of quaternary nitrogens is 1. The summed E-state index contributed by atoms with van der Waals surface area (Å²) in [6.07, 6.45) is 3.66. The zero-order valence-electron chi connectivity index (χ0n) is 21.6. The molecule has 0 atom stereocenters. The average molecular weight is 369 g/mol. The van der Waals surface area contributed by atoms with E-state index in [4.69, 9.17) is 0 Å². The van der Waals surface area contributed by atoms with Gasteiger partial charge in [-0.1, -0.05) is 62.3 Å². The molecule has 0 spiro atoms. The van der Waals surface area contributed by atoms with E-state index >= 15 is 0 Å². The number of hydrogen-bond acceptors (Lipinski definition) is 0. The minimum Gasteiger partial charge on any atom is -0.313 e. The molecular weight excluding hydrogens is 314 g/mol. The fraction of sp³-hybridized carbons (Fsp3) is 1.00. The lowest BCUT2D eigenvalue weighted by Crippen LogP contribution is -2.78. The average Bonchev–Trinajstić information content (AvgIpc) is 2.16. The molecule has 0 heterocycles. The molecule has 0 aliphatic heterocycles. The Hall–Kier alpha value is -0.0400. The number of rotatable bonds is 6. The topological polar surface area (TPSA) is 0 Å². The Labute approximate surface area is 167 Å². The van der Waals surface area contributed by atoms with Crippen LogP contribution in [0.25, 0.3) is 0 Å². The fourth-order valence-electron chi connectivity index (χ4n) is 6.83. The standard InChI is InChI=1S/C25H54N/c1-20(2,3)17-23(10,11)26(16,24(12,13)18-21(4,5)6)25(14,15)19-22(7,8)9/h17-19H2,1-16H3/q+1. The Kier molecular flexibility index (Phi) is 7.08. The van der Waals surface area contributed by atoms with Crippen LogP contribution in [0, 0.1) is 16.2 Å². The molecule has 0 fully saturated rings. The van der Waals surface area contributed by atoms with Crippen molar-refractivity contribution in [3.05, 3.63) is 0 Å². The highest BCUT2D eigenvalue weighted by molar-refractivity contribution is 4.92. The summed E-state index contributed by atoms with van der Waals surface area (Å²) in [5.41, 5.74) is 1.50. The van der Waals surface area contributed by atoms with E-state index < -0.39 is 0 Å². The minimum absolute atomic E-state index is 0.182. The molecule has 0 aliphatic rings. The third kappa shape index (κ3) is 6.25. The van der Waals surface area contributed by atoms with Gasteiger partial charge in [0.2, 0.25) is 0 Å². The summed E-state index contributed by atoms with van der Waals surface area (Å²) in [4.78, 5) is 0. The van der Waals surface area contributed by atoms with Gasteiger partial charge in [0.25, 0.3) is 0 Å². The first kappa shape index (κ1) is 26.0. The van der Waals surface area contributed by atoms with Crippen molar-refractivity contribution in [3.63, 3.8) is 0 Å². The monoisotopic (exact) mass is 368 g/mol. The van der Waals surface area contributed by atoms with Crippen LogP contribution in [-0.4, -0.2) is 28.1 Å². The van der Waals surface area contributed by atoms with E-state index in [9.17, 15) is 0 Å². The van der Waals surface area contributed by atoms with Gasteiger partial charge in [-0.25, -0.2) is 0 Å². The highest BCUT2D eigenvalue weighted by Gasteiger charge is 2.60. The van der Waals surface area contributed by atoms with Crippen molar-refractivity contribution in [2.24, 2.45) is 16.2 Å². The van der Waals surface area contributed by atoms with E-state index in [1.165, 1.54) is 19.3 Å². The van der Waals surface area contributed by atoms with Crippen molar-refractivity contribution in [2.45, 2.75) is 140 Å². The van der Waals surface area contributed by atoms with E-state index in [1.54, 1.807) is 0 Å². The fourth-order valence-corrected chi connectivity index (χ4v) is 6.83. The molecule has 0 N–H and O–H groups in total. The first-order valence-corrected chi connectivity index (χ1v) is 10.7. The summed E-state index contributed by atoms with van der Waals surface area (Å²) in [6, 6.07) is 0. The number of nitrogens with zero attached hydrogens (tertiary/aromatic N) is 1. The number of hydrogen-bond donors (Lipinski definition) is 0. The highest BCUT2D eigenvalue weighted by atomic mass is 15.5. The van der Waals surface area contributed by atoms with Crippen LogP contribution in [0.15, 0.2) is 0 Å². The van der Waals surface area contributed by atoms with Gasteiger partial charge in [-0.15, -0.1) is 0 Å². The van der Waals surface area contributed by atoms with Gasteiger partial charge in [-0.2, -0.15) is 0 Å². The SMILES string of the molecule is CC(C)(C)CC(C)(C)[N+](C)(C(C)(C)CC(C)(C)C)C(C)(C)CC(C)(C)C. The van der Waals surface area contributed by atoms with Gasteiger partial charge in [-0.05, 0) is 57.8 Å². The molecule has 0 rings (SSSR count). The van der Waals surface area contributed by atoms with Crippen molar-refractivity contribution < 1.29 is 4.48 Å². The van der Waals surface area contributed by atoms with Gasteiger partial charge < -0.3 is 4.48 Å². The third-order valence-corrected chi connectivity index (χ3v) is 6.52. The van der Waals surface area contributed by atoms with Crippen LogP contribution in [0.3, 0.4) is 0 Å². The van der Waals surface area contributed by atoms with Gasteiger partial charge in [0, 0.05) is 19.3 Å². The lowest BCUT2D eigenvalue weighted by atomic mass is 9.67. The van der Waals surface area contributed by atoms with Crippen LogP contribution < -0.4 is 0 Å². The van der Waals surface area contributed by atoms with Crippen molar-refractivity contribution in [1.29, 1.82) is 0 Å². The molecule has 0 amide bonds. The largest absolute Gasteiger partial charge is 0.313 e. The Morgan fingerprint density at radius 1 is 0.385 bits per heavy atom. The van der Waals surface area contributed by atoms with Gasteiger partial charge in [-0.3, -0.25) is 0 Å². The maximum atomic E-state index is 2.56. The van der Waals surface area contributed by atoms with Crippen LogP contribution in [-0.2, 0) is 0 Å². The van der Waals surface area contributed by atoms with Gasteiger partial charge >= 0.3 is 0 Å². The zero-order valence-corrected chi connectivity index (χ0v) is 21.6. The summed E-state index contributed by atoms with van der Waals surface area (Å²) >= 11 is 0. The predicted octanol–water partition coefficient (Wildman–Crippen LogP) is 8.08. The van der Waals surface area contributed by atoms with Crippen molar-refractivity contribution in [2.75, 3.05) is 7.05 Å². The molecule has 0 bridgehead atoms. The molecule has 0 saturated carbocycles. The second-order valence-corrected chi connectivity index (χ2v) is 14.7. The Morgan fingerprint density at radius 3 is 0.654 bits per heavy atom. The molecular formula is C25H54N+. The van der Waals surface area contributed by atoms with E-state index in [0.29, 0.717) is 16.2 Å². The first-order chi connectivity index (χ1) is 10.9. The van der Waals surface area contributed by atoms with Gasteiger partial charge in [0.05, 0.1) is 23.7 Å². The molecule has 1 nitrogen and oxygen atoms in total. The second-order valence-electron chi connectivity index (χ2n) is 14.7. The van der Waals surface area contributed by atoms with Crippen molar-refractivity contribution in [3.8, 4) is 0 Å². The Morgan fingerprint density at radius 2 is 0.538 bits per heavy atom. The predicted molar refractivity (Wildman–Crippen MR) is 121 cm³/mol. The quantitative estimate of drug-likeness (QED) is 0.416. The zero-order chi connectivity index (χ0) is 21.6. The van der Waals surface area contributed by atoms with E-state index in [-0.39, 0.29) is 16.6 Å². The molecule has 1 heteroatoms. The van der Waals surface area contributed by atoms with E-state index in [0.717, 1.165) is 4.48 Å². The first-order valence-electron chi connectivity index (χ1n) is 10.7. The molecule has 0 unspecified atom stereocenters. The molecule has 26 heavy (non-hydrogen) atoms. The van der Waals surface area contributed by atoms with Crippen LogP contribution >= 0.6 is 0 Å². The lowest BCUT2D eigenvalue weighted by molar-refractivity contribution is -1.04. The van der Waals surface area contributed by atoms with Gasteiger partial charge in [0.1, 0.15) is 0 Å². The summed E-state index contributed by atoms with van der Waals surface area (Å²) < 4.78 is 1.10. The third-order valence-electron chi connectivity index (χ3n) is 6.52. The lowest BCUT2D eigenvalue weighted by Gasteiger charge is -2.66. The summed E-state index contributed by atoms with van der Waals surface area (Å²) in [5.74, 6) is 0. The summed E-state index contributed by atoms with van der Waals surface area (Å²) in [5, 5.41) is 0. The Balaban J connectivity index is 6.53. The van der Waals surface area contributed by atoms with Crippen molar-refractivity contribution in [1.82, 2.24) is 0 Å². The second kappa shape index (κ2) is 7.09. The Bertz CT molecular complexity index is 389. The minimum atomic E-state index is 0.182. The van der Waals surface area contributed by atoms with E-state index in [1.807, 2.05) is 0 Å². The molecule has 0 aromatic carbocycles. The van der Waals surface area contributed by atoms with Crippen LogP contribution in [0.2, 0.25) is 0 Å². The molecule has 0 saturated heterocycles. The molecule has 158 valence electrons. The molecule has 0 aromatic rings. The molecule has 0 radical (unpaired) electrons. The summed E-state index contributed by atoms with van der Waals surface area (Å²) in [7, 11) is 2.56. The maximum absolute atomic E-state index is 2.56. The normalized spacial score (nSPS) is 16.2. The molecule has 0 aliphatic carbocycles. The smallest absolute Gasteiger partial charge is 0.0946 e. The molecule has 0 aromatic heterocycles. The summed E-state index contributed by atoms with van der Waals surface area (Å²) in [6.45, 7) is 36.7.